The van der Waals surface area contributed by atoms with Gasteiger partial charge in [-0.05, 0) is 18.8 Å². The van der Waals surface area contributed by atoms with Gasteiger partial charge in [-0.2, -0.15) is 0 Å². The Morgan fingerprint density at radius 1 is 0.833 bits per heavy atom. The first-order valence-corrected chi connectivity index (χ1v) is 6.42. The van der Waals surface area contributed by atoms with Crippen molar-refractivity contribution in [2.75, 3.05) is 0 Å². The van der Waals surface area contributed by atoms with Crippen molar-refractivity contribution in [1.82, 2.24) is 0 Å². The standard InChI is InChI=1S/C15H14O3/c16-13-10-7-3-4-8-11(10)14(17)15(18)12(13)9-5-1-2-6-9/h3-4,7-9,12H,1-2,5-6H2. The Hall–Kier alpha value is -1.77. The fourth-order valence-electron chi connectivity index (χ4n) is 3.18. The summed E-state index contributed by atoms with van der Waals surface area (Å²) >= 11 is 0. The first-order chi connectivity index (χ1) is 8.70. The number of carbonyl (C=O) groups excluding carboxylic acids is 3. The van der Waals surface area contributed by atoms with Gasteiger partial charge in [-0.3, -0.25) is 14.4 Å². The molecule has 0 spiro atoms. The van der Waals surface area contributed by atoms with Crippen molar-refractivity contribution < 1.29 is 14.4 Å². The lowest BCUT2D eigenvalue weighted by atomic mass is 9.74. The fourth-order valence-corrected chi connectivity index (χ4v) is 3.18. The Morgan fingerprint density at radius 2 is 1.44 bits per heavy atom. The number of rotatable bonds is 1. The molecule has 0 saturated heterocycles. The summed E-state index contributed by atoms with van der Waals surface area (Å²) in [7, 11) is 0. The number of hydrogen-bond donors (Lipinski definition) is 0. The van der Waals surface area contributed by atoms with Crippen molar-refractivity contribution in [1.29, 1.82) is 0 Å². The average Bonchev–Trinajstić information content (AvgIpc) is 2.90. The van der Waals surface area contributed by atoms with E-state index in [1.807, 2.05) is 0 Å². The highest BCUT2D eigenvalue weighted by molar-refractivity contribution is 6.51. The summed E-state index contributed by atoms with van der Waals surface area (Å²) in [6, 6.07) is 6.65. The predicted molar refractivity (Wildman–Crippen MR) is 65.6 cm³/mol. The van der Waals surface area contributed by atoms with Crippen LogP contribution in [0, 0.1) is 11.8 Å². The predicted octanol–water partition coefficient (Wildman–Crippen LogP) is 2.44. The molecule has 0 aliphatic heterocycles. The van der Waals surface area contributed by atoms with Crippen LogP contribution in [-0.2, 0) is 4.79 Å². The van der Waals surface area contributed by atoms with Crippen molar-refractivity contribution >= 4 is 17.3 Å². The van der Waals surface area contributed by atoms with Gasteiger partial charge in [-0.25, -0.2) is 0 Å². The van der Waals surface area contributed by atoms with Crippen LogP contribution in [0.3, 0.4) is 0 Å². The highest BCUT2D eigenvalue weighted by Crippen LogP contribution is 2.37. The molecule has 2 aliphatic carbocycles. The second-order valence-corrected chi connectivity index (χ2v) is 5.13. The normalized spacial score (nSPS) is 24.4. The molecule has 18 heavy (non-hydrogen) atoms. The lowest BCUT2D eigenvalue weighted by Gasteiger charge is -2.25. The Balaban J connectivity index is 2.06. The van der Waals surface area contributed by atoms with Crippen molar-refractivity contribution in [3.63, 3.8) is 0 Å². The second kappa shape index (κ2) is 4.16. The maximum absolute atomic E-state index is 12.4. The first kappa shape index (κ1) is 11.3. The van der Waals surface area contributed by atoms with Gasteiger partial charge in [-0.15, -0.1) is 0 Å². The van der Waals surface area contributed by atoms with Crippen LogP contribution in [-0.4, -0.2) is 17.3 Å². The van der Waals surface area contributed by atoms with Gasteiger partial charge in [0.1, 0.15) is 0 Å². The van der Waals surface area contributed by atoms with Crippen LogP contribution in [0.1, 0.15) is 46.4 Å². The van der Waals surface area contributed by atoms with Gasteiger partial charge in [0.2, 0.25) is 11.6 Å². The molecule has 0 heterocycles. The van der Waals surface area contributed by atoms with E-state index in [-0.39, 0.29) is 17.3 Å². The van der Waals surface area contributed by atoms with Gasteiger partial charge in [0.05, 0.1) is 5.92 Å². The van der Waals surface area contributed by atoms with Crippen molar-refractivity contribution in [2.24, 2.45) is 11.8 Å². The maximum Gasteiger partial charge on any atom is 0.230 e. The minimum absolute atomic E-state index is 0.0716. The Bertz CT molecular complexity index is 538. The molecule has 1 unspecified atom stereocenters. The van der Waals surface area contributed by atoms with Crippen LogP contribution >= 0.6 is 0 Å². The van der Waals surface area contributed by atoms with E-state index in [0.717, 1.165) is 25.7 Å². The van der Waals surface area contributed by atoms with E-state index in [1.165, 1.54) is 0 Å². The van der Waals surface area contributed by atoms with E-state index in [0.29, 0.717) is 5.56 Å². The van der Waals surface area contributed by atoms with Gasteiger partial charge >= 0.3 is 0 Å². The summed E-state index contributed by atoms with van der Waals surface area (Å²) in [5.74, 6) is -1.77. The number of Topliss-reactive ketones (excluding diaryl/α,β-unsaturated/α-hetero) is 3. The molecule has 3 heteroatoms. The SMILES string of the molecule is O=C1C(=O)C(C2CCCC2)C(=O)c2ccccc21. The van der Waals surface area contributed by atoms with Gasteiger partial charge in [0, 0.05) is 11.1 Å². The van der Waals surface area contributed by atoms with Gasteiger partial charge in [0.15, 0.2) is 5.78 Å². The summed E-state index contributed by atoms with van der Waals surface area (Å²) in [5.41, 5.74) is 0.709. The molecule has 3 nitrogen and oxygen atoms in total. The highest BCUT2D eigenvalue weighted by Gasteiger charge is 2.44. The Kier molecular flexibility index (Phi) is 2.62. The van der Waals surface area contributed by atoms with Crippen molar-refractivity contribution in [2.45, 2.75) is 25.7 Å². The monoisotopic (exact) mass is 242 g/mol. The number of fused-ring (bicyclic) bond motifs is 1. The van der Waals surface area contributed by atoms with Gasteiger partial charge in [-0.1, -0.05) is 37.1 Å². The van der Waals surface area contributed by atoms with Gasteiger partial charge in [0.25, 0.3) is 0 Å². The maximum atomic E-state index is 12.4. The minimum Gasteiger partial charge on any atom is -0.293 e. The van der Waals surface area contributed by atoms with Crippen molar-refractivity contribution in [3.05, 3.63) is 35.4 Å². The summed E-state index contributed by atoms with van der Waals surface area (Å²) in [4.78, 5) is 36.5. The summed E-state index contributed by atoms with van der Waals surface area (Å²) in [6.07, 6.45) is 3.88. The van der Waals surface area contributed by atoms with Crippen LogP contribution in [0.5, 0.6) is 0 Å². The summed E-state index contributed by atoms with van der Waals surface area (Å²) in [6.45, 7) is 0. The molecular weight excluding hydrogens is 228 g/mol. The topological polar surface area (TPSA) is 51.2 Å². The molecule has 0 amide bonds. The molecule has 1 atom stereocenters. The van der Waals surface area contributed by atoms with Crippen LogP contribution in [0.15, 0.2) is 24.3 Å². The molecule has 0 radical (unpaired) electrons. The third-order valence-electron chi connectivity index (χ3n) is 4.10. The molecule has 0 aromatic heterocycles. The molecule has 1 saturated carbocycles. The Morgan fingerprint density at radius 3 is 2.11 bits per heavy atom. The summed E-state index contributed by atoms with van der Waals surface area (Å²) < 4.78 is 0. The zero-order valence-electron chi connectivity index (χ0n) is 10.0. The van der Waals surface area contributed by atoms with Crippen LogP contribution in [0.4, 0.5) is 0 Å². The number of benzene rings is 1. The Labute approximate surface area is 105 Å². The number of carbonyl (C=O) groups is 3. The third-order valence-corrected chi connectivity index (χ3v) is 4.10. The quantitative estimate of drug-likeness (QED) is 0.561. The molecule has 1 aromatic carbocycles. The van der Waals surface area contributed by atoms with Crippen molar-refractivity contribution in [3.8, 4) is 0 Å². The molecule has 0 bridgehead atoms. The zero-order valence-corrected chi connectivity index (χ0v) is 10.0. The first-order valence-electron chi connectivity index (χ1n) is 6.42. The van der Waals surface area contributed by atoms with E-state index in [9.17, 15) is 14.4 Å². The lowest BCUT2D eigenvalue weighted by molar-refractivity contribution is -0.118. The molecule has 1 aromatic rings. The van der Waals surface area contributed by atoms with Crippen LogP contribution in [0.25, 0.3) is 0 Å². The van der Waals surface area contributed by atoms with E-state index in [4.69, 9.17) is 0 Å². The van der Waals surface area contributed by atoms with Crippen LogP contribution in [0.2, 0.25) is 0 Å². The van der Waals surface area contributed by atoms with E-state index >= 15 is 0 Å². The van der Waals surface area contributed by atoms with E-state index < -0.39 is 17.5 Å². The number of hydrogen-bond acceptors (Lipinski definition) is 3. The molecule has 0 N–H and O–H groups in total. The largest absolute Gasteiger partial charge is 0.293 e. The molecule has 92 valence electrons. The lowest BCUT2D eigenvalue weighted by Crippen LogP contribution is -2.40. The third kappa shape index (κ3) is 1.54. The minimum atomic E-state index is -0.713. The highest BCUT2D eigenvalue weighted by atomic mass is 16.2. The van der Waals surface area contributed by atoms with Gasteiger partial charge < -0.3 is 0 Å². The van der Waals surface area contributed by atoms with E-state index in [2.05, 4.69) is 0 Å². The van der Waals surface area contributed by atoms with E-state index in [1.54, 1.807) is 24.3 Å². The number of ketones is 3. The molecule has 2 aliphatic rings. The molecule has 3 rings (SSSR count). The second-order valence-electron chi connectivity index (χ2n) is 5.13. The fraction of sp³-hybridized carbons (Fsp3) is 0.400. The molecular formula is C15H14O3. The average molecular weight is 242 g/mol. The molecule has 1 fully saturated rings. The summed E-state index contributed by atoms with van der Waals surface area (Å²) in [5, 5.41) is 0. The zero-order chi connectivity index (χ0) is 12.7. The van der Waals surface area contributed by atoms with Crippen LogP contribution < -0.4 is 0 Å². The smallest absolute Gasteiger partial charge is 0.230 e.